The molecule has 3 N–H and O–H groups in total. The summed E-state index contributed by atoms with van der Waals surface area (Å²) in [4.78, 5) is 11.6. The number of carbonyl (C=O) groups is 1. The number of hydrogen-bond donors (Lipinski definition) is 3. The van der Waals surface area contributed by atoms with Crippen molar-refractivity contribution in [2.24, 2.45) is 0 Å². The lowest BCUT2D eigenvalue weighted by atomic mass is 10.0. The van der Waals surface area contributed by atoms with Crippen LogP contribution in [0.3, 0.4) is 0 Å². The average molecular weight is 280 g/mol. The van der Waals surface area contributed by atoms with E-state index in [4.69, 9.17) is 0 Å². The number of rotatable bonds is 8. The van der Waals surface area contributed by atoms with Gasteiger partial charge in [0.2, 0.25) is 15.9 Å². The molecular formula is C11H24N2O4S. The van der Waals surface area contributed by atoms with Crippen molar-refractivity contribution >= 4 is 15.9 Å². The third-order valence-electron chi connectivity index (χ3n) is 2.63. The van der Waals surface area contributed by atoms with Gasteiger partial charge >= 0.3 is 0 Å². The Labute approximate surface area is 109 Å². The van der Waals surface area contributed by atoms with Gasteiger partial charge in [-0.1, -0.05) is 13.8 Å². The number of nitrogens with one attached hydrogen (secondary N) is 2. The molecule has 2 atom stereocenters. The van der Waals surface area contributed by atoms with Crippen molar-refractivity contribution < 1.29 is 18.3 Å². The summed E-state index contributed by atoms with van der Waals surface area (Å²) in [5.74, 6) is -0.444. The first kappa shape index (κ1) is 17.3. The van der Waals surface area contributed by atoms with Crippen molar-refractivity contribution in [3.05, 3.63) is 0 Å². The summed E-state index contributed by atoms with van der Waals surface area (Å²) >= 11 is 0. The summed E-state index contributed by atoms with van der Waals surface area (Å²) < 4.78 is 25.2. The Hall–Kier alpha value is -0.660. The number of hydrogen-bond acceptors (Lipinski definition) is 4. The summed E-state index contributed by atoms with van der Waals surface area (Å²) in [5, 5.41) is 12.2. The minimum absolute atomic E-state index is 0.00268. The highest BCUT2D eigenvalue weighted by molar-refractivity contribution is 7.89. The Kier molecular flexibility index (Phi) is 6.80. The molecule has 108 valence electrons. The molecule has 18 heavy (non-hydrogen) atoms. The monoisotopic (exact) mass is 280 g/mol. The standard InChI is InChI=1S/C11H24N2O4S/c1-5-7-18(16,17)13-9(3)10(14)12-8-11(4,15)6-2/h9,13,15H,5-8H2,1-4H3,(H,12,14). The number of aliphatic hydroxyl groups is 1. The molecule has 0 aromatic heterocycles. The minimum atomic E-state index is -3.41. The molecule has 0 saturated heterocycles. The van der Waals surface area contributed by atoms with Gasteiger partial charge in [0, 0.05) is 6.54 Å². The molecule has 0 aliphatic rings. The minimum Gasteiger partial charge on any atom is -0.388 e. The van der Waals surface area contributed by atoms with E-state index in [1.807, 2.05) is 0 Å². The van der Waals surface area contributed by atoms with E-state index in [2.05, 4.69) is 10.0 Å². The molecule has 0 fully saturated rings. The molecule has 0 spiro atoms. The van der Waals surface area contributed by atoms with E-state index in [1.165, 1.54) is 6.92 Å². The third-order valence-corrected chi connectivity index (χ3v) is 4.29. The molecule has 6 nitrogen and oxygen atoms in total. The quantitative estimate of drug-likeness (QED) is 0.582. The van der Waals surface area contributed by atoms with E-state index in [9.17, 15) is 18.3 Å². The first-order valence-electron chi connectivity index (χ1n) is 6.13. The maximum atomic E-state index is 11.6. The average Bonchev–Trinajstić information content (AvgIpc) is 2.25. The fourth-order valence-corrected chi connectivity index (χ4v) is 2.51. The molecule has 0 rings (SSSR count). The first-order chi connectivity index (χ1) is 8.13. The van der Waals surface area contributed by atoms with E-state index in [0.29, 0.717) is 12.8 Å². The Balaban J connectivity index is 4.28. The van der Waals surface area contributed by atoms with Crippen molar-refractivity contribution in [1.29, 1.82) is 0 Å². The van der Waals surface area contributed by atoms with E-state index in [1.54, 1.807) is 20.8 Å². The van der Waals surface area contributed by atoms with Gasteiger partial charge in [0.05, 0.1) is 17.4 Å². The Morgan fingerprint density at radius 3 is 2.39 bits per heavy atom. The Morgan fingerprint density at radius 1 is 1.39 bits per heavy atom. The molecule has 0 radical (unpaired) electrons. The van der Waals surface area contributed by atoms with Gasteiger partial charge in [-0.25, -0.2) is 13.1 Å². The van der Waals surface area contributed by atoms with Gasteiger partial charge in [-0.15, -0.1) is 0 Å². The van der Waals surface area contributed by atoms with Crippen LogP contribution in [0.15, 0.2) is 0 Å². The fraction of sp³-hybridized carbons (Fsp3) is 0.909. The van der Waals surface area contributed by atoms with E-state index in [-0.39, 0.29) is 12.3 Å². The number of carbonyl (C=O) groups excluding carboxylic acids is 1. The highest BCUT2D eigenvalue weighted by atomic mass is 32.2. The van der Waals surface area contributed by atoms with Crippen LogP contribution >= 0.6 is 0 Å². The summed E-state index contributed by atoms with van der Waals surface area (Å²) in [5.41, 5.74) is -0.975. The Bertz CT molecular complexity index is 365. The lowest BCUT2D eigenvalue weighted by Gasteiger charge is -2.23. The predicted octanol–water partition coefficient (Wildman–Crippen LogP) is -0.0185. The first-order valence-corrected chi connectivity index (χ1v) is 7.79. The van der Waals surface area contributed by atoms with Gasteiger partial charge in [-0.2, -0.15) is 0 Å². The zero-order valence-electron chi connectivity index (χ0n) is 11.5. The summed E-state index contributed by atoms with van der Waals surface area (Å²) in [6.45, 7) is 6.74. The summed E-state index contributed by atoms with van der Waals surface area (Å²) in [6, 6.07) is -0.839. The van der Waals surface area contributed by atoms with E-state index >= 15 is 0 Å². The van der Waals surface area contributed by atoms with Crippen LogP contribution in [-0.4, -0.2) is 43.4 Å². The summed E-state index contributed by atoms with van der Waals surface area (Å²) in [7, 11) is -3.41. The topological polar surface area (TPSA) is 95.5 Å². The van der Waals surface area contributed by atoms with Crippen molar-refractivity contribution in [2.75, 3.05) is 12.3 Å². The largest absolute Gasteiger partial charge is 0.388 e. The normalized spacial score (nSPS) is 16.9. The van der Waals surface area contributed by atoms with Gasteiger partial charge in [-0.3, -0.25) is 4.79 Å². The predicted molar refractivity (Wildman–Crippen MR) is 70.6 cm³/mol. The summed E-state index contributed by atoms with van der Waals surface area (Å²) in [6.07, 6.45) is 0.997. The van der Waals surface area contributed by atoms with Gasteiger partial charge in [0.1, 0.15) is 0 Å². The van der Waals surface area contributed by atoms with Crippen LogP contribution in [0.5, 0.6) is 0 Å². The molecule has 0 saturated carbocycles. The number of amides is 1. The SMILES string of the molecule is CCCS(=O)(=O)NC(C)C(=O)NCC(C)(O)CC. The van der Waals surface area contributed by atoms with Crippen molar-refractivity contribution in [2.45, 2.75) is 52.2 Å². The molecule has 0 heterocycles. The van der Waals surface area contributed by atoms with Crippen LogP contribution < -0.4 is 10.0 Å². The third kappa shape index (κ3) is 6.93. The van der Waals surface area contributed by atoms with Crippen LogP contribution in [0.4, 0.5) is 0 Å². The number of sulfonamides is 1. The molecule has 7 heteroatoms. The van der Waals surface area contributed by atoms with Crippen molar-refractivity contribution in [3.63, 3.8) is 0 Å². The second-order valence-corrected chi connectivity index (χ2v) is 6.60. The molecule has 1 amide bonds. The van der Waals surface area contributed by atoms with Crippen molar-refractivity contribution in [1.82, 2.24) is 10.0 Å². The van der Waals surface area contributed by atoms with Gasteiger partial charge in [0.25, 0.3) is 0 Å². The highest BCUT2D eigenvalue weighted by Crippen LogP contribution is 2.05. The molecule has 0 aromatic rings. The molecule has 0 aliphatic heterocycles. The fourth-order valence-electron chi connectivity index (χ4n) is 1.21. The molecule has 0 aliphatic carbocycles. The lowest BCUT2D eigenvalue weighted by molar-refractivity contribution is -0.123. The zero-order chi connectivity index (χ0) is 14.4. The van der Waals surface area contributed by atoms with Gasteiger partial charge in [0.15, 0.2) is 0 Å². The van der Waals surface area contributed by atoms with E-state index in [0.717, 1.165) is 0 Å². The van der Waals surface area contributed by atoms with Crippen LogP contribution in [-0.2, 0) is 14.8 Å². The Morgan fingerprint density at radius 2 is 1.94 bits per heavy atom. The maximum absolute atomic E-state index is 11.6. The zero-order valence-corrected chi connectivity index (χ0v) is 12.3. The second-order valence-electron chi connectivity index (χ2n) is 4.73. The van der Waals surface area contributed by atoms with Crippen LogP contribution in [0.1, 0.15) is 40.5 Å². The molecule has 0 aromatic carbocycles. The lowest BCUT2D eigenvalue weighted by Crippen LogP contribution is -2.49. The van der Waals surface area contributed by atoms with Gasteiger partial charge in [-0.05, 0) is 26.7 Å². The van der Waals surface area contributed by atoms with E-state index < -0.39 is 27.6 Å². The van der Waals surface area contributed by atoms with Crippen molar-refractivity contribution in [3.8, 4) is 0 Å². The highest BCUT2D eigenvalue weighted by Gasteiger charge is 2.23. The molecule has 2 unspecified atom stereocenters. The second kappa shape index (κ2) is 7.06. The molecular weight excluding hydrogens is 256 g/mol. The maximum Gasteiger partial charge on any atom is 0.237 e. The van der Waals surface area contributed by atoms with Gasteiger partial charge < -0.3 is 10.4 Å². The van der Waals surface area contributed by atoms with Crippen LogP contribution in [0, 0.1) is 0 Å². The molecule has 0 bridgehead atoms. The van der Waals surface area contributed by atoms with Crippen LogP contribution in [0.2, 0.25) is 0 Å². The van der Waals surface area contributed by atoms with Crippen LogP contribution in [0.25, 0.3) is 0 Å². The smallest absolute Gasteiger partial charge is 0.237 e.